The van der Waals surface area contributed by atoms with E-state index in [0.717, 1.165) is 29.9 Å². The van der Waals surface area contributed by atoms with E-state index in [4.69, 9.17) is 0 Å². The van der Waals surface area contributed by atoms with E-state index < -0.39 is 4.92 Å². The smallest absolute Gasteiger partial charge is 0.269 e. The Kier molecular flexibility index (Phi) is 4.08. The molecule has 1 aliphatic rings. The van der Waals surface area contributed by atoms with Crippen LogP contribution in [0.2, 0.25) is 0 Å². The first-order chi connectivity index (χ1) is 12.6. The molecule has 1 atom stereocenters. The van der Waals surface area contributed by atoms with Crippen LogP contribution in [0.15, 0.2) is 54.6 Å². The van der Waals surface area contributed by atoms with Gasteiger partial charge in [-0.25, -0.2) is 9.97 Å². The molecule has 6 nitrogen and oxygen atoms in total. The first-order valence-electron chi connectivity index (χ1n) is 8.55. The number of benzene rings is 2. The minimum Gasteiger partial charge on any atom is -0.363 e. The van der Waals surface area contributed by atoms with E-state index in [1.165, 1.54) is 23.3 Å². The highest BCUT2D eigenvalue weighted by atomic mass is 16.6. The number of hydrogen-bond donors (Lipinski definition) is 1. The van der Waals surface area contributed by atoms with Crippen molar-refractivity contribution < 1.29 is 4.92 Å². The molecule has 0 amide bonds. The van der Waals surface area contributed by atoms with Gasteiger partial charge in [0.05, 0.1) is 11.0 Å². The normalized spacial score (nSPS) is 15.5. The van der Waals surface area contributed by atoms with Gasteiger partial charge in [-0.1, -0.05) is 24.3 Å². The first kappa shape index (κ1) is 16.2. The van der Waals surface area contributed by atoms with Gasteiger partial charge in [-0.05, 0) is 43.0 Å². The lowest BCUT2D eigenvalue weighted by Gasteiger charge is -2.16. The van der Waals surface area contributed by atoms with Crippen molar-refractivity contribution in [2.24, 2.45) is 0 Å². The van der Waals surface area contributed by atoms with Crippen LogP contribution in [0.5, 0.6) is 0 Å². The largest absolute Gasteiger partial charge is 0.363 e. The van der Waals surface area contributed by atoms with E-state index in [0.29, 0.717) is 5.82 Å². The molecule has 0 fully saturated rings. The molecule has 6 heteroatoms. The molecule has 0 spiro atoms. The van der Waals surface area contributed by atoms with Gasteiger partial charge in [0.1, 0.15) is 5.82 Å². The van der Waals surface area contributed by atoms with Crippen molar-refractivity contribution >= 4 is 11.5 Å². The Labute approximate surface area is 151 Å². The lowest BCUT2D eigenvalue weighted by molar-refractivity contribution is -0.384. The summed E-state index contributed by atoms with van der Waals surface area (Å²) < 4.78 is 0. The average molecular weight is 346 g/mol. The number of anilines is 1. The summed E-state index contributed by atoms with van der Waals surface area (Å²) in [5.41, 5.74) is 4.37. The molecule has 0 saturated heterocycles. The molecule has 3 aromatic rings. The van der Waals surface area contributed by atoms with Gasteiger partial charge in [-0.15, -0.1) is 0 Å². The minimum atomic E-state index is -0.411. The zero-order valence-electron chi connectivity index (χ0n) is 14.3. The number of fused-ring (bicyclic) bond motifs is 1. The van der Waals surface area contributed by atoms with Crippen molar-refractivity contribution in [3.8, 4) is 11.4 Å². The summed E-state index contributed by atoms with van der Waals surface area (Å²) in [6.07, 6.45) is 2.10. The number of nitro groups is 1. The summed E-state index contributed by atoms with van der Waals surface area (Å²) in [6.45, 7) is 1.92. The standard InChI is InChI=1S/C20H18N4O2/c1-13-12-19(22-18-11-8-14-4-2-3-5-17(14)18)23-20(21-13)15-6-9-16(10-7-15)24(25)26/h2-7,9-10,12,18H,8,11H2,1H3,(H,21,22,23)/t18-/m1/s1. The third-order valence-electron chi connectivity index (χ3n) is 4.65. The van der Waals surface area contributed by atoms with Crippen LogP contribution < -0.4 is 5.32 Å². The molecule has 0 aliphatic heterocycles. The van der Waals surface area contributed by atoms with Crippen LogP contribution in [0.3, 0.4) is 0 Å². The molecule has 0 bridgehead atoms. The highest BCUT2D eigenvalue weighted by molar-refractivity contribution is 5.60. The third kappa shape index (κ3) is 3.13. The van der Waals surface area contributed by atoms with Gasteiger partial charge in [-0.2, -0.15) is 0 Å². The Morgan fingerprint density at radius 2 is 1.88 bits per heavy atom. The monoisotopic (exact) mass is 346 g/mol. The van der Waals surface area contributed by atoms with Crippen molar-refractivity contribution in [2.45, 2.75) is 25.8 Å². The number of hydrogen-bond acceptors (Lipinski definition) is 5. The Balaban J connectivity index is 1.62. The summed E-state index contributed by atoms with van der Waals surface area (Å²) in [4.78, 5) is 19.5. The highest BCUT2D eigenvalue weighted by Crippen LogP contribution is 2.33. The van der Waals surface area contributed by atoms with Crippen LogP contribution in [-0.2, 0) is 6.42 Å². The first-order valence-corrected chi connectivity index (χ1v) is 8.55. The molecule has 1 heterocycles. The van der Waals surface area contributed by atoms with Crippen molar-refractivity contribution in [2.75, 3.05) is 5.32 Å². The van der Waals surface area contributed by atoms with Crippen LogP contribution in [0.25, 0.3) is 11.4 Å². The van der Waals surface area contributed by atoms with Crippen molar-refractivity contribution in [3.63, 3.8) is 0 Å². The fraction of sp³-hybridized carbons (Fsp3) is 0.200. The predicted molar refractivity (Wildman–Crippen MR) is 100.0 cm³/mol. The molecule has 0 unspecified atom stereocenters. The van der Waals surface area contributed by atoms with Crippen LogP contribution in [0.1, 0.15) is 29.3 Å². The van der Waals surface area contributed by atoms with E-state index in [-0.39, 0.29) is 11.7 Å². The van der Waals surface area contributed by atoms with E-state index >= 15 is 0 Å². The van der Waals surface area contributed by atoms with E-state index in [1.54, 1.807) is 12.1 Å². The van der Waals surface area contributed by atoms with Gasteiger partial charge in [-0.3, -0.25) is 10.1 Å². The number of nitrogens with one attached hydrogen (secondary N) is 1. The number of rotatable bonds is 4. The fourth-order valence-corrected chi connectivity index (χ4v) is 3.39. The second kappa shape index (κ2) is 6.55. The molecule has 1 N–H and O–H groups in total. The molecular weight excluding hydrogens is 328 g/mol. The Bertz CT molecular complexity index is 970. The summed E-state index contributed by atoms with van der Waals surface area (Å²) in [6, 6.07) is 16.9. The molecule has 130 valence electrons. The van der Waals surface area contributed by atoms with Gasteiger partial charge < -0.3 is 5.32 Å². The van der Waals surface area contributed by atoms with Crippen LogP contribution in [0, 0.1) is 17.0 Å². The minimum absolute atomic E-state index is 0.0577. The van der Waals surface area contributed by atoms with Gasteiger partial charge in [0.25, 0.3) is 5.69 Å². The van der Waals surface area contributed by atoms with Crippen molar-refractivity contribution in [1.82, 2.24) is 9.97 Å². The second-order valence-corrected chi connectivity index (χ2v) is 6.46. The van der Waals surface area contributed by atoms with Crippen LogP contribution in [0.4, 0.5) is 11.5 Å². The Hall–Kier alpha value is -3.28. The van der Waals surface area contributed by atoms with Crippen LogP contribution in [-0.4, -0.2) is 14.9 Å². The molecule has 4 rings (SSSR count). The van der Waals surface area contributed by atoms with E-state index in [9.17, 15) is 10.1 Å². The maximum atomic E-state index is 10.8. The van der Waals surface area contributed by atoms with Gasteiger partial charge >= 0.3 is 0 Å². The molecular formula is C20H18N4O2. The highest BCUT2D eigenvalue weighted by Gasteiger charge is 2.22. The zero-order valence-corrected chi connectivity index (χ0v) is 14.3. The Morgan fingerprint density at radius 1 is 1.12 bits per heavy atom. The lowest BCUT2D eigenvalue weighted by Crippen LogP contribution is -2.09. The summed E-state index contributed by atoms with van der Waals surface area (Å²) >= 11 is 0. The SMILES string of the molecule is Cc1cc(N[C@@H]2CCc3ccccc32)nc(-c2ccc([N+](=O)[O-])cc2)n1. The lowest BCUT2D eigenvalue weighted by atomic mass is 10.1. The van der Waals surface area contributed by atoms with Crippen molar-refractivity contribution in [3.05, 3.63) is 81.5 Å². The molecule has 1 aliphatic carbocycles. The van der Waals surface area contributed by atoms with Gasteiger partial charge in [0.2, 0.25) is 0 Å². The second-order valence-electron chi connectivity index (χ2n) is 6.46. The summed E-state index contributed by atoms with van der Waals surface area (Å²) in [5.74, 6) is 1.33. The van der Waals surface area contributed by atoms with Crippen LogP contribution >= 0.6 is 0 Å². The molecule has 1 aromatic heterocycles. The number of nitro benzene ring substituents is 1. The Morgan fingerprint density at radius 3 is 2.65 bits per heavy atom. The van der Waals surface area contributed by atoms with Gasteiger partial charge in [0, 0.05) is 29.5 Å². The van der Waals surface area contributed by atoms with E-state index in [1.807, 2.05) is 13.0 Å². The third-order valence-corrected chi connectivity index (χ3v) is 4.65. The number of non-ortho nitro benzene ring substituents is 1. The molecule has 26 heavy (non-hydrogen) atoms. The van der Waals surface area contributed by atoms with Gasteiger partial charge in [0.15, 0.2) is 5.82 Å². The van der Waals surface area contributed by atoms with E-state index in [2.05, 4.69) is 39.6 Å². The average Bonchev–Trinajstić information content (AvgIpc) is 3.04. The number of nitrogens with zero attached hydrogens (tertiary/aromatic N) is 3. The molecule has 2 aromatic carbocycles. The quantitative estimate of drug-likeness (QED) is 0.557. The number of aryl methyl sites for hydroxylation is 2. The summed E-state index contributed by atoms with van der Waals surface area (Å²) in [7, 11) is 0. The maximum Gasteiger partial charge on any atom is 0.269 e. The molecule has 0 saturated carbocycles. The topological polar surface area (TPSA) is 81.0 Å². The fourth-order valence-electron chi connectivity index (χ4n) is 3.39. The van der Waals surface area contributed by atoms with Crippen molar-refractivity contribution in [1.29, 1.82) is 0 Å². The zero-order chi connectivity index (χ0) is 18.1. The molecule has 0 radical (unpaired) electrons. The number of aromatic nitrogens is 2. The maximum absolute atomic E-state index is 10.8. The predicted octanol–water partition coefficient (Wildman–Crippen LogP) is 4.46. The summed E-state index contributed by atoms with van der Waals surface area (Å²) in [5, 5.41) is 14.3.